The Morgan fingerprint density at radius 2 is 1.76 bits per heavy atom. The lowest BCUT2D eigenvalue weighted by molar-refractivity contribution is -0.145. The maximum atomic E-state index is 12.4. The van der Waals surface area contributed by atoms with Gasteiger partial charge < -0.3 is 10.1 Å². The minimum atomic E-state index is -0.716. The zero-order chi connectivity index (χ0) is 23.5. The van der Waals surface area contributed by atoms with Crippen LogP contribution in [0.2, 0.25) is 0 Å². The molecule has 1 aliphatic heterocycles. The number of ether oxygens (including phenoxy) is 1. The van der Waals surface area contributed by atoms with E-state index in [1.54, 1.807) is 29.6 Å². The molecule has 9 heteroatoms. The first-order valence-corrected chi connectivity index (χ1v) is 11.1. The highest BCUT2D eigenvalue weighted by Gasteiger charge is 2.36. The van der Waals surface area contributed by atoms with Crippen LogP contribution in [0.25, 0.3) is 0 Å². The van der Waals surface area contributed by atoms with Crippen LogP contribution in [0.1, 0.15) is 42.5 Å². The first kappa shape index (κ1) is 22.3. The van der Waals surface area contributed by atoms with Crippen LogP contribution in [0, 0.1) is 13.8 Å². The molecule has 0 aliphatic carbocycles. The Morgan fingerprint density at radius 1 is 1.06 bits per heavy atom. The van der Waals surface area contributed by atoms with Gasteiger partial charge in [0, 0.05) is 11.1 Å². The molecule has 1 N–H and O–H groups in total. The third kappa shape index (κ3) is 4.98. The predicted molar refractivity (Wildman–Crippen MR) is 122 cm³/mol. The molecule has 0 fully saturated rings. The third-order valence-corrected chi connectivity index (χ3v) is 6.02. The molecule has 0 radical (unpaired) electrons. The fourth-order valence-electron chi connectivity index (χ4n) is 3.41. The summed E-state index contributed by atoms with van der Waals surface area (Å²) < 4.78 is 5.19. The van der Waals surface area contributed by atoms with E-state index in [-0.39, 0.29) is 30.1 Å². The standard InChI is InChI=1S/C24H21N3O5S/c1-14-7-8-15(2)19(9-14)26-20(28)10-21-25-16(13-33-21)12-32-22(29)11-27-23(30)17-5-3-4-6-18(17)24(27)31/h3-9,13H,10-12H2,1-2H3,(H,26,28). The summed E-state index contributed by atoms with van der Waals surface area (Å²) in [4.78, 5) is 54.5. The lowest BCUT2D eigenvalue weighted by Gasteiger charge is -2.12. The van der Waals surface area contributed by atoms with Crippen molar-refractivity contribution in [2.75, 3.05) is 11.9 Å². The van der Waals surface area contributed by atoms with Gasteiger partial charge in [-0.15, -0.1) is 11.3 Å². The lowest BCUT2D eigenvalue weighted by Crippen LogP contribution is -2.35. The van der Waals surface area contributed by atoms with Gasteiger partial charge in [0.15, 0.2) is 0 Å². The van der Waals surface area contributed by atoms with Crippen molar-refractivity contribution in [2.45, 2.75) is 26.9 Å². The second-order valence-electron chi connectivity index (χ2n) is 7.68. The van der Waals surface area contributed by atoms with Crippen LogP contribution in [0.3, 0.4) is 0 Å². The van der Waals surface area contributed by atoms with E-state index in [1.165, 1.54) is 11.3 Å². The molecule has 0 atom stereocenters. The molecule has 3 amide bonds. The van der Waals surface area contributed by atoms with E-state index in [2.05, 4.69) is 10.3 Å². The molecule has 3 aromatic rings. The van der Waals surface area contributed by atoms with Gasteiger partial charge >= 0.3 is 5.97 Å². The number of aromatic nitrogens is 1. The normalized spacial score (nSPS) is 12.6. The Bertz CT molecular complexity index is 1230. The van der Waals surface area contributed by atoms with Gasteiger partial charge in [-0.25, -0.2) is 4.98 Å². The molecule has 168 valence electrons. The second kappa shape index (κ2) is 9.33. The number of carbonyl (C=O) groups is 4. The minimum Gasteiger partial charge on any atom is -0.458 e. The van der Waals surface area contributed by atoms with Crippen LogP contribution in [0.5, 0.6) is 0 Å². The zero-order valence-corrected chi connectivity index (χ0v) is 18.9. The fourth-order valence-corrected chi connectivity index (χ4v) is 4.19. The maximum Gasteiger partial charge on any atom is 0.326 e. The summed E-state index contributed by atoms with van der Waals surface area (Å²) in [5, 5.41) is 5.18. The highest BCUT2D eigenvalue weighted by atomic mass is 32.1. The monoisotopic (exact) mass is 463 g/mol. The molecule has 4 rings (SSSR count). The molecule has 2 aromatic carbocycles. The van der Waals surface area contributed by atoms with E-state index in [1.807, 2.05) is 32.0 Å². The highest BCUT2D eigenvalue weighted by Crippen LogP contribution is 2.22. The number of hydrogen-bond donors (Lipinski definition) is 1. The predicted octanol–water partition coefficient (Wildman–Crippen LogP) is 3.28. The molecular formula is C24H21N3O5S. The molecule has 0 spiro atoms. The summed E-state index contributed by atoms with van der Waals surface area (Å²) in [6.07, 6.45) is 0.0982. The molecule has 1 aromatic heterocycles. The van der Waals surface area contributed by atoms with E-state index in [4.69, 9.17) is 4.74 Å². The fraction of sp³-hybridized carbons (Fsp3) is 0.208. The SMILES string of the molecule is Cc1ccc(C)c(NC(=O)Cc2nc(COC(=O)CN3C(=O)c4ccccc4C3=O)cs2)c1. The van der Waals surface area contributed by atoms with E-state index >= 15 is 0 Å². The van der Waals surface area contributed by atoms with Crippen molar-refractivity contribution >= 4 is 40.7 Å². The molecule has 8 nitrogen and oxygen atoms in total. The van der Waals surface area contributed by atoms with Gasteiger partial charge in [0.25, 0.3) is 11.8 Å². The summed E-state index contributed by atoms with van der Waals surface area (Å²) >= 11 is 1.29. The number of benzene rings is 2. The van der Waals surface area contributed by atoms with Gasteiger partial charge in [0.2, 0.25) is 5.91 Å². The van der Waals surface area contributed by atoms with E-state index in [9.17, 15) is 19.2 Å². The average Bonchev–Trinajstić information content (AvgIpc) is 3.33. The Kier molecular flexibility index (Phi) is 6.32. The van der Waals surface area contributed by atoms with Crippen molar-refractivity contribution < 1.29 is 23.9 Å². The average molecular weight is 464 g/mol. The van der Waals surface area contributed by atoms with Crippen LogP contribution in [-0.2, 0) is 27.4 Å². The Balaban J connectivity index is 1.28. The summed E-state index contributed by atoms with van der Waals surface area (Å²) in [6.45, 7) is 3.30. The number of nitrogens with zero attached hydrogens (tertiary/aromatic N) is 2. The van der Waals surface area contributed by atoms with Crippen LogP contribution >= 0.6 is 11.3 Å². The third-order valence-electron chi connectivity index (χ3n) is 5.12. The Morgan fingerprint density at radius 3 is 2.45 bits per heavy atom. The van der Waals surface area contributed by atoms with Crippen molar-refractivity contribution in [3.05, 3.63) is 80.8 Å². The quantitative estimate of drug-likeness (QED) is 0.426. The summed E-state index contributed by atoms with van der Waals surface area (Å²) in [6, 6.07) is 12.3. The van der Waals surface area contributed by atoms with Gasteiger partial charge in [-0.2, -0.15) is 0 Å². The number of fused-ring (bicyclic) bond motifs is 1. The number of imide groups is 1. The van der Waals surface area contributed by atoms with Gasteiger partial charge in [-0.3, -0.25) is 24.1 Å². The van der Waals surface area contributed by atoms with Crippen LogP contribution in [-0.4, -0.2) is 40.1 Å². The summed E-state index contributed by atoms with van der Waals surface area (Å²) in [5.74, 6) is -1.93. The largest absolute Gasteiger partial charge is 0.458 e. The van der Waals surface area contributed by atoms with Crippen molar-refractivity contribution in [3.8, 4) is 0 Å². The maximum absolute atomic E-state index is 12.4. The molecule has 0 unspecified atom stereocenters. The number of esters is 1. The van der Waals surface area contributed by atoms with Crippen molar-refractivity contribution in [1.29, 1.82) is 0 Å². The number of hydrogen-bond acceptors (Lipinski definition) is 7. The molecule has 0 saturated carbocycles. The number of anilines is 1. The van der Waals surface area contributed by atoms with Crippen molar-refractivity contribution in [1.82, 2.24) is 9.88 Å². The highest BCUT2D eigenvalue weighted by molar-refractivity contribution is 7.09. The van der Waals surface area contributed by atoms with Crippen LogP contribution in [0.4, 0.5) is 5.69 Å². The number of amides is 3. The van der Waals surface area contributed by atoms with Crippen molar-refractivity contribution in [3.63, 3.8) is 0 Å². The Hall–Kier alpha value is -3.85. The van der Waals surface area contributed by atoms with Crippen LogP contribution in [0.15, 0.2) is 47.8 Å². The first-order chi connectivity index (χ1) is 15.8. The smallest absolute Gasteiger partial charge is 0.326 e. The molecule has 0 saturated heterocycles. The van der Waals surface area contributed by atoms with E-state index < -0.39 is 24.3 Å². The first-order valence-electron chi connectivity index (χ1n) is 10.2. The Labute approximate surface area is 194 Å². The van der Waals surface area contributed by atoms with Crippen LogP contribution < -0.4 is 5.32 Å². The van der Waals surface area contributed by atoms with Gasteiger partial charge in [-0.05, 0) is 43.2 Å². The van der Waals surface area contributed by atoms with Gasteiger partial charge in [0.05, 0.1) is 23.2 Å². The summed E-state index contributed by atoms with van der Waals surface area (Å²) in [7, 11) is 0. The molecule has 1 aliphatic rings. The van der Waals surface area contributed by atoms with Gasteiger partial charge in [0.1, 0.15) is 18.2 Å². The molecule has 33 heavy (non-hydrogen) atoms. The lowest BCUT2D eigenvalue weighted by atomic mass is 10.1. The molecular weight excluding hydrogens is 442 g/mol. The molecule has 2 heterocycles. The number of nitrogens with one attached hydrogen (secondary N) is 1. The zero-order valence-electron chi connectivity index (χ0n) is 18.1. The van der Waals surface area contributed by atoms with E-state index in [0.717, 1.165) is 21.7 Å². The number of rotatable bonds is 7. The number of carbonyl (C=O) groups excluding carboxylic acids is 4. The number of aryl methyl sites for hydroxylation is 2. The number of thiazole rings is 1. The molecule has 0 bridgehead atoms. The topological polar surface area (TPSA) is 106 Å². The van der Waals surface area contributed by atoms with Crippen molar-refractivity contribution in [2.24, 2.45) is 0 Å². The second-order valence-corrected chi connectivity index (χ2v) is 8.62. The van der Waals surface area contributed by atoms with Gasteiger partial charge in [-0.1, -0.05) is 24.3 Å². The van der Waals surface area contributed by atoms with E-state index in [0.29, 0.717) is 10.7 Å². The summed E-state index contributed by atoms with van der Waals surface area (Å²) in [5.41, 5.74) is 3.83. The minimum absolute atomic E-state index is 0.0982.